The molecule has 6 heteroatoms. The van der Waals surface area contributed by atoms with Crippen molar-refractivity contribution < 1.29 is 14.3 Å². The molecule has 4 N–H and O–H groups in total. The minimum Gasteiger partial charge on any atom is -0.460 e. The Bertz CT molecular complexity index is 910. The predicted octanol–water partition coefficient (Wildman–Crippen LogP) is 6.88. The molecule has 202 valence electrons. The van der Waals surface area contributed by atoms with Crippen molar-refractivity contribution in [2.24, 2.45) is 35.5 Å². The van der Waals surface area contributed by atoms with Gasteiger partial charge in [0, 0.05) is 11.2 Å². The third-order valence-electron chi connectivity index (χ3n) is 8.14. The van der Waals surface area contributed by atoms with E-state index in [0.717, 1.165) is 31.2 Å². The highest BCUT2D eigenvalue weighted by Crippen LogP contribution is 2.44. The molecule has 6 atom stereocenters. The largest absolute Gasteiger partial charge is 0.460 e. The van der Waals surface area contributed by atoms with Crippen LogP contribution < -0.4 is 11.5 Å². The summed E-state index contributed by atoms with van der Waals surface area (Å²) in [5.74, 6) is 1.66. The molecular formula is C30H48N2O3S. The first-order valence-corrected chi connectivity index (χ1v) is 14.8. The molecule has 0 radical (unpaired) electrons. The van der Waals surface area contributed by atoms with Gasteiger partial charge in [0.25, 0.3) is 0 Å². The van der Waals surface area contributed by atoms with E-state index in [1.807, 2.05) is 39.0 Å². The zero-order chi connectivity index (χ0) is 26.6. The van der Waals surface area contributed by atoms with E-state index in [-0.39, 0.29) is 23.7 Å². The standard InChI is InChI=1S/C30H48N2O3S/c1-18(2)24-13-10-19(3)14-26(24)36-29(34)23-12-11-22(28(33)35-30(4,5)6)16-20(17-23)15-21-8-7-9-25(31)27(21)32/h7-9,18-20,22-24,26H,10-17,31-32H2,1-6H3/t19-,20?,22?,23?,24+,26?/m1/s1. The Hall–Kier alpha value is -1.69. The van der Waals surface area contributed by atoms with E-state index in [1.54, 1.807) is 11.8 Å². The molecule has 1 aromatic carbocycles. The average Bonchev–Trinajstić information content (AvgIpc) is 2.98. The fourth-order valence-electron chi connectivity index (χ4n) is 6.14. The van der Waals surface area contributed by atoms with Crippen LogP contribution in [0.1, 0.15) is 92.1 Å². The molecular weight excluding hydrogens is 468 g/mol. The van der Waals surface area contributed by atoms with Gasteiger partial charge in [-0.25, -0.2) is 0 Å². The van der Waals surface area contributed by atoms with Crippen LogP contribution in [0.3, 0.4) is 0 Å². The second-order valence-electron chi connectivity index (χ2n) is 12.8. The highest BCUT2D eigenvalue weighted by Gasteiger charge is 2.38. The van der Waals surface area contributed by atoms with Gasteiger partial charge in [0.15, 0.2) is 5.12 Å². The number of thioether (sulfide) groups is 1. The van der Waals surface area contributed by atoms with Gasteiger partial charge in [0.1, 0.15) is 5.60 Å². The Kier molecular flexibility index (Phi) is 9.81. The highest BCUT2D eigenvalue weighted by molar-refractivity contribution is 8.14. The number of esters is 1. The maximum atomic E-state index is 13.7. The second-order valence-corrected chi connectivity index (χ2v) is 14.0. The molecule has 2 aliphatic rings. The van der Waals surface area contributed by atoms with E-state index in [4.69, 9.17) is 16.2 Å². The normalized spacial score (nSPS) is 29.5. The second kappa shape index (κ2) is 12.2. The van der Waals surface area contributed by atoms with Gasteiger partial charge in [-0.15, -0.1) is 0 Å². The third-order valence-corrected chi connectivity index (χ3v) is 9.55. The number of rotatable bonds is 6. The van der Waals surface area contributed by atoms with Gasteiger partial charge in [0.2, 0.25) is 0 Å². The molecule has 2 fully saturated rings. The van der Waals surface area contributed by atoms with Crippen molar-refractivity contribution in [3.8, 4) is 0 Å². The molecule has 0 heterocycles. The van der Waals surface area contributed by atoms with Crippen LogP contribution in [-0.4, -0.2) is 21.9 Å². The molecule has 5 nitrogen and oxygen atoms in total. The van der Waals surface area contributed by atoms with E-state index >= 15 is 0 Å². The fourth-order valence-corrected chi connectivity index (χ4v) is 7.89. The average molecular weight is 517 g/mol. The summed E-state index contributed by atoms with van der Waals surface area (Å²) in [6.45, 7) is 12.6. The number of hydrogen-bond acceptors (Lipinski definition) is 6. The monoisotopic (exact) mass is 516 g/mol. The van der Waals surface area contributed by atoms with E-state index in [0.29, 0.717) is 52.3 Å². The SMILES string of the molecule is CC(C)[C@@H]1CC[C@@H](C)CC1SC(=O)C1CCC(C(=O)OC(C)(C)C)CC(Cc2cccc(N)c2N)C1. The molecule has 2 saturated carbocycles. The van der Waals surface area contributed by atoms with Gasteiger partial charge in [-0.3, -0.25) is 9.59 Å². The van der Waals surface area contributed by atoms with Crippen LogP contribution >= 0.6 is 11.8 Å². The quantitative estimate of drug-likeness (QED) is 0.243. The summed E-state index contributed by atoms with van der Waals surface area (Å²) < 4.78 is 5.77. The summed E-state index contributed by atoms with van der Waals surface area (Å²) in [6.07, 6.45) is 7.26. The van der Waals surface area contributed by atoms with Crippen LogP contribution in [0.4, 0.5) is 11.4 Å². The molecule has 3 rings (SSSR count). The molecule has 0 aromatic heterocycles. The number of hydrogen-bond donors (Lipinski definition) is 2. The Morgan fingerprint density at radius 3 is 2.36 bits per heavy atom. The first kappa shape index (κ1) is 28.9. The number of ether oxygens (including phenoxy) is 1. The summed E-state index contributed by atoms with van der Waals surface area (Å²) >= 11 is 1.61. The van der Waals surface area contributed by atoms with Gasteiger partial charge < -0.3 is 16.2 Å². The van der Waals surface area contributed by atoms with Crippen molar-refractivity contribution in [3.63, 3.8) is 0 Å². The lowest BCUT2D eigenvalue weighted by Gasteiger charge is -2.37. The smallest absolute Gasteiger partial charge is 0.309 e. The van der Waals surface area contributed by atoms with Crippen LogP contribution in [0.15, 0.2) is 18.2 Å². The fraction of sp³-hybridized carbons (Fsp3) is 0.733. The Morgan fingerprint density at radius 2 is 1.69 bits per heavy atom. The number of benzene rings is 1. The van der Waals surface area contributed by atoms with Crippen LogP contribution in [0.5, 0.6) is 0 Å². The van der Waals surface area contributed by atoms with Crippen molar-refractivity contribution in [1.82, 2.24) is 0 Å². The lowest BCUT2D eigenvalue weighted by molar-refractivity contribution is -0.160. The number of nitrogen functional groups attached to an aromatic ring is 2. The van der Waals surface area contributed by atoms with Gasteiger partial charge in [-0.1, -0.05) is 51.1 Å². The minimum atomic E-state index is -0.522. The van der Waals surface area contributed by atoms with Gasteiger partial charge in [0.05, 0.1) is 17.3 Å². The number of anilines is 2. The summed E-state index contributed by atoms with van der Waals surface area (Å²) in [5, 5.41) is 0.712. The van der Waals surface area contributed by atoms with Crippen LogP contribution in [-0.2, 0) is 20.7 Å². The summed E-state index contributed by atoms with van der Waals surface area (Å²) in [4.78, 5) is 26.8. The number of carbonyl (C=O) groups excluding carboxylic acids is 2. The lowest BCUT2D eigenvalue weighted by atomic mass is 9.77. The van der Waals surface area contributed by atoms with Crippen molar-refractivity contribution in [2.45, 2.75) is 104 Å². The van der Waals surface area contributed by atoms with Crippen LogP contribution in [0.25, 0.3) is 0 Å². The van der Waals surface area contributed by atoms with Crippen molar-refractivity contribution >= 4 is 34.2 Å². The van der Waals surface area contributed by atoms with E-state index in [9.17, 15) is 9.59 Å². The molecule has 0 aliphatic heterocycles. The molecule has 0 bridgehead atoms. The van der Waals surface area contributed by atoms with E-state index in [1.165, 1.54) is 12.8 Å². The molecule has 0 saturated heterocycles. The molecule has 0 spiro atoms. The van der Waals surface area contributed by atoms with Crippen LogP contribution in [0.2, 0.25) is 0 Å². The topological polar surface area (TPSA) is 95.4 Å². The van der Waals surface area contributed by atoms with Crippen molar-refractivity contribution in [2.75, 3.05) is 11.5 Å². The first-order valence-electron chi connectivity index (χ1n) is 13.9. The maximum absolute atomic E-state index is 13.7. The van der Waals surface area contributed by atoms with Crippen molar-refractivity contribution in [3.05, 3.63) is 23.8 Å². The summed E-state index contributed by atoms with van der Waals surface area (Å²) in [7, 11) is 0. The maximum Gasteiger partial charge on any atom is 0.309 e. The molecule has 36 heavy (non-hydrogen) atoms. The minimum absolute atomic E-state index is 0.0419. The van der Waals surface area contributed by atoms with Gasteiger partial charge >= 0.3 is 5.97 Å². The molecule has 0 amide bonds. The number of nitrogens with two attached hydrogens (primary N) is 2. The highest BCUT2D eigenvalue weighted by atomic mass is 32.2. The summed E-state index contributed by atoms with van der Waals surface area (Å²) in [6, 6.07) is 5.76. The molecule has 2 aliphatic carbocycles. The zero-order valence-corrected chi connectivity index (χ0v) is 24.0. The number of carbonyl (C=O) groups is 2. The Labute approximate surface area is 222 Å². The third kappa shape index (κ3) is 7.90. The summed E-state index contributed by atoms with van der Waals surface area (Å²) in [5.41, 5.74) is 14.1. The van der Waals surface area contributed by atoms with Crippen LogP contribution in [0, 0.1) is 35.5 Å². The van der Waals surface area contributed by atoms with E-state index < -0.39 is 5.60 Å². The van der Waals surface area contributed by atoms with Crippen molar-refractivity contribution in [1.29, 1.82) is 0 Å². The lowest BCUT2D eigenvalue weighted by Crippen LogP contribution is -2.32. The van der Waals surface area contributed by atoms with Gasteiger partial charge in [-0.05, 0) is 101 Å². The van der Waals surface area contributed by atoms with Gasteiger partial charge in [-0.2, -0.15) is 0 Å². The Balaban J connectivity index is 1.78. The first-order chi connectivity index (χ1) is 16.8. The Morgan fingerprint density at radius 1 is 1.03 bits per heavy atom. The van der Waals surface area contributed by atoms with E-state index in [2.05, 4.69) is 20.8 Å². The predicted molar refractivity (Wildman–Crippen MR) is 151 cm³/mol. The molecule has 4 unspecified atom stereocenters. The zero-order valence-electron chi connectivity index (χ0n) is 23.2. The number of para-hydroxylation sites is 1. The molecule has 1 aromatic rings.